The molecule has 2 heterocycles. The van der Waals surface area contributed by atoms with Crippen LogP contribution in [-0.2, 0) is 11.2 Å². The van der Waals surface area contributed by atoms with Crippen LogP contribution in [0.3, 0.4) is 0 Å². The average Bonchev–Trinajstić information content (AvgIpc) is 3.23. The largest absolute Gasteiger partial charge is 0.457 e. The molecule has 1 aliphatic heterocycles. The third kappa shape index (κ3) is 3.35. The first kappa shape index (κ1) is 18.7. The number of hydrogen-bond donors (Lipinski definition) is 1. The Bertz CT molecular complexity index is 1180. The van der Waals surface area contributed by atoms with Gasteiger partial charge in [-0.3, -0.25) is 19.9 Å². The molecular weight excluding hydrogens is 431 g/mol. The van der Waals surface area contributed by atoms with Crippen molar-refractivity contribution < 1.29 is 14.3 Å². The molecule has 5 rings (SSSR count). The van der Waals surface area contributed by atoms with Gasteiger partial charge in [0.1, 0.15) is 16.7 Å². The van der Waals surface area contributed by atoms with Gasteiger partial charge in [-0.15, -0.1) is 0 Å². The fourth-order valence-corrected chi connectivity index (χ4v) is 5.60. The summed E-state index contributed by atoms with van der Waals surface area (Å²) in [4.78, 5) is 27.9. The lowest BCUT2D eigenvalue weighted by Gasteiger charge is -2.16. The van der Waals surface area contributed by atoms with Crippen molar-refractivity contribution in [2.24, 2.45) is 0 Å². The Morgan fingerprint density at radius 1 is 1.14 bits per heavy atom. The fraction of sp³-hybridized carbons (Fsp3) is 0.190. The molecule has 0 bridgehead atoms. The number of fused-ring (bicyclic) bond motifs is 2. The molecule has 1 aromatic heterocycles. The van der Waals surface area contributed by atoms with E-state index in [0.29, 0.717) is 32.4 Å². The number of rotatable bonds is 3. The van der Waals surface area contributed by atoms with Crippen molar-refractivity contribution in [2.45, 2.75) is 24.0 Å². The zero-order chi connectivity index (χ0) is 20.1. The fourth-order valence-electron chi connectivity index (χ4n) is 4.03. The molecule has 1 fully saturated rings. The van der Waals surface area contributed by atoms with Crippen molar-refractivity contribution in [1.82, 2.24) is 10.3 Å². The van der Waals surface area contributed by atoms with Crippen molar-refractivity contribution in [3.63, 3.8) is 0 Å². The predicted octanol–water partition coefficient (Wildman–Crippen LogP) is 5.72. The maximum atomic E-state index is 12.1. The van der Waals surface area contributed by atoms with Crippen molar-refractivity contribution in [3.8, 4) is 11.5 Å². The summed E-state index contributed by atoms with van der Waals surface area (Å²) in [5.74, 6) is 1.12. The Labute approximate surface area is 180 Å². The summed E-state index contributed by atoms with van der Waals surface area (Å²) in [5, 5.41) is 3.45. The van der Waals surface area contributed by atoms with E-state index in [0.717, 1.165) is 35.7 Å². The second-order valence-corrected chi connectivity index (χ2v) is 8.97. The summed E-state index contributed by atoms with van der Waals surface area (Å²) in [6.07, 6.45) is 3.32. The highest BCUT2D eigenvalue weighted by Crippen LogP contribution is 2.44. The molecule has 8 heteroatoms. The van der Waals surface area contributed by atoms with Crippen LogP contribution in [0.2, 0.25) is 10.0 Å². The van der Waals surface area contributed by atoms with E-state index < -0.39 is 0 Å². The number of aryl methyl sites for hydroxylation is 1. The van der Waals surface area contributed by atoms with E-state index in [-0.39, 0.29) is 22.3 Å². The molecule has 2 amide bonds. The Morgan fingerprint density at radius 2 is 2.00 bits per heavy atom. The van der Waals surface area contributed by atoms with Gasteiger partial charge in [0.2, 0.25) is 5.91 Å². The van der Waals surface area contributed by atoms with Gasteiger partial charge in [-0.1, -0.05) is 41.0 Å². The molecular formula is C21H14Cl2N2O3S. The van der Waals surface area contributed by atoms with Gasteiger partial charge in [0.25, 0.3) is 5.24 Å². The van der Waals surface area contributed by atoms with Gasteiger partial charge in [-0.05, 0) is 54.3 Å². The monoisotopic (exact) mass is 444 g/mol. The van der Waals surface area contributed by atoms with E-state index in [9.17, 15) is 9.59 Å². The third-order valence-corrected chi connectivity index (χ3v) is 6.90. The summed E-state index contributed by atoms with van der Waals surface area (Å²) >= 11 is 13.5. The molecule has 2 aliphatic rings. The van der Waals surface area contributed by atoms with Crippen LogP contribution in [0.15, 0.2) is 42.6 Å². The van der Waals surface area contributed by atoms with Crippen LogP contribution in [0.25, 0.3) is 10.9 Å². The molecule has 5 nitrogen and oxygen atoms in total. The summed E-state index contributed by atoms with van der Waals surface area (Å²) in [6.45, 7) is 0. The van der Waals surface area contributed by atoms with E-state index in [1.54, 1.807) is 24.4 Å². The lowest BCUT2D eigenvalue weighted by atomic mass is 9.97. The first-order valence-electron chi connectivity index (χ1n) is 9.05. The van der Waals surface area contributed by atoms with Gasteiger partial charge in [0.15, 0.2) is 0 Å². The smallest absolute Gasteiger partial charge is 0.286 e. The van der Waals surface area contributed by atoms with Crippen molar-refractivity contribution in [1.29, 1.82) is 0 Å². The summed E-state index contributed by atoms with van der Waals surface area (Å²) in [6, 6.07) is 11.0. The number of benzene rings is 2. The number of aromatic nitrogens is 1. The third-order valence-electron chi connectivity index (χ3n) is 5.27. The minimum absolute atomic E-state index is 0.0360. The van der Waals surface area contributed by atoms with E-state index in [1.807, 2.05) is 18.2 Å². The number of pyridine rings is 1. The number of thioether (sulfide) groups is 1. The number of ether oxygens (including phenoxy) is 1. The zero-order valence-electron chi connectivity index (χ0n) is 14.9. The first-order chi connectivity index (χ1) is 14.0. The standard InChI is InChI=1S/C21H14Cl2N2O3S/c22-11-8-15(23)18-16(9-11)24-6-5-17(18)28-12-2-4-13-10(7-12)1-3-14(13)19-20(26)25-21(27)29-19/h2,4-9,14,19H,1,3H2,(H,25,26,27)/t14-,19?/m1/s1. The van der Waals surface area contributed by atoms with Gasteiger partial charge in [-0.2, -0.15) is 0 Å². The molecule has 2 aromatic carbocycles. The minimum Gasteiger partial charge on any atom is -0.457 e. The van der Waals surface area contributed by atoms with Crippen LogP contribution in [0, 0.1) is 0 Å². The summed E-state index contributed by atoms with van der Waals surface area (Å²) < 4.78 is 6.13. The highest BCUT2D eigenvalue weighted by atomic mass is 35.5. The number of imide groups is 1. The quantitative estimate of drug-likeness (QED) is 0.559. The number of nitrogens with zero attached hydrogens (tertiary/aromatic N) is 1. The number of hydrogen-bond acceptors (Lipinski definition) is 5. The molecule has 0 saturated carbocycles. The van der Waals surface area contributed by atoms with Gasteiger partial charge < -0.3 is 4.74 Å². The van der Waals surface area contributed by atoms with Crippen molar-refractivity contribution >= 4 is 57.0 Å². The maximum Gasteiger partial charge on any atom is 0.286 e. The lowest BCUT2D eigenvalue weighted by Crippen LogP contribution is -2.27. The molecule has 29 heavy (non-hydrogen) atoms. The van der Waals surface area contributed by atoms with Crippen LogP contribution >= 0.6 is 35.0 Å². The number of amides is 2. The van der Waals surface area contributed by atoms with Gasteiger partial charge in [0.05, 0.1) is 15.9 Å². The van der Waals surface area contributed by atoms with Crippen LogP contribution < -0.4 is 10.1 Å². The van der Waals surface area contributed by atoms with Gasteiger partial charge in [-0.25, -0.2) is 0 Å². The van der Waals surface area contributed by atoms with E-state index in [4.69, 9.17) is 27.9 Å². The Hall–Kier alpha value is -2.28. The van der Waals surface area contributed by atoms with E-state index in [1.165, 1.54) is 0 Å². The normalized spacial score (nSPS) is 20.8. The van der Waals surface area contributed by atoms with Gasteiger partial charge >= 0.3 is 0 Å². The summed E-state index contributed by atoms with van der Waals surface area (Å²) in [7, 11) is 0. The van der Waals surface area contributed by atoms with Gasteiger partial charge in [0, 0.05) is 17.1 Å². The highest BCUT2D eigenvalue weighted by molar-refractivity contribution is 8.15. The predicted molar refractivity (Wildman–Crippen MR) is 114 cm³/mol. The maximum absolute atomic E-state index is 12.1. The Morgan fingerprint density at radius 3 is 2.79 bits per heavy atom. The van der Waals surface area contributed by atoms with Crippen LogP contribution in [-0.4, -0.2) is 21.4 Å². The molecule has 146 valence electrons. The molecule has 2 atom stereocenters. The Kier molecular flexibility index (Phi) is 4.65. The molecule has 1 aliphatic carbocycles. The Balaban J connectivity index is 1.46. The minimum atomic E-state index is -0.358. The second-order valence-electron chi connectivity index (χ2n) is 7.01. The molecule has 1 unspecified atom stereocenters. The molecule has 0 radical (unpaired) electrons. The van der Waals surface area contributed by atoms with Crippen LogP contribution in [0.4, 0.5) is 4.79 Å². The van der Waals surface area contributed by atoms with Crippen LogP contribution in [0.1, 0.15) is 23.5 Å². The molecule has 1 N–H and O–H groups in total. The first-order valence-corrected chi connectivity index (χ1v) is 10.7. The van der Waals surface area contributed by atoms with Crippen molar-refractivity contribution in [2.75, 3.05) is 0 Å². The SMILES string of the molecule is O=C1NC(=O)C([C@@H]2CCc3cc(Oc4ccnc5cc(Cl)cc(Cl)c45)ccc32)S1. The number of carbonyl (C=O) groups is 2. The van der Waals surface area contributed by atoms with E-state index in [2.05, 4.69) is 10.3 Å². The highest BCUT2D eigenvalue weighted by Gasteiger charge is 2.41. The number of nitrogens with one attached hydrogen (secondary N) is 1. The molecule has 3 aromatic rings. The van der Waals surface area contributed by atoms with E-state index >= 15 is 0 Å². The summed E-state index contributed by atoms with van der Waals surface area (Å²) in [5.41, 5.74) is 2.90. The topological polar surface area (TPSA) is 68.3 Å². The lowest BCUT2D eigenvalue weighted by molar-refractivity contribution is -0.119. The van der Waals surface area contributed by atoms with Crippen LogP contribution in [0.5, 0.6) is 11.5 Å². The molecule has 1 saturated heterocycles. The second kappa shape index (κ2) is 7.20. The van der Waals surface area contributed by atoms with Crippen molar-refractivity contribution in [3.05, 3.63) is 63.8 Å². The number of carbonyl (C=O) groups excluding carboxylic acids is 2. The molecule has 0 spiro atoms. The zero-order valence-corrected chi connectivity index (χ0v) is 17.3. The number of halogens is 2. The average molecular weight is 445 g/mol.